The molecule has 0 spiro atoms. The molecule has 88 valence electrons. The highest BCUT2D eigenvalue weighted by atomic mass is 16.5. The summed E-state index contributed by atoms with van der Waals surface area (Å²) in [4.78, 5) is 7.86. The van der Waals surface area contributed by atoms with Gasteiger partial charge >= 0.3 is 0 Å². The van der Waals surface area contributed by atoms with Crippen LogP contribution in [-0.2, 0) is 0 Å². The van der Waals surface area contributed by atoms with Crippen LogP contribution < -0.4 is 10.5 Å². The quantitative estimate of drug-likeness (QED) is 0.860. The molecule has 0 atom stereocenters. The molecule has 4 nitrogen and oxygen atoms in total. The molecule has 0 aliphatic rings. The van der Waals surface area contributed by atoms with Crippen LogP contribution in [-0.4, -0.2) is 9.97 Å². The largest absolute Gasteiger partial charge is 0.436 e. The monoisotopic (exact) mass is 229 g/mol. The highest BCUT2D eigenvalue weighted by Gasteiger charge is 2.10. The Bertz CT molecular complexity index is 552. The zero-order valence-corrected chi connectivity index (χ0v) is 10.2. The van der Waals surface area contributed by atoms with Crippen LogP contribution in [0.25, 0.3) is 0 Å². The molecule has 0 radical (unpaired) electrons. The Labute approximate surface area is 100 Å². The summed E-state index contributed by atoms with van der Waals surface area (Å²) in [6, 6.07) is 4.09. The maximum atomic E-state index is 5.78. The first-order valence-corrected chi connectivity index (χ1v) is 5.39. The minimum Gasteiger partial charge on any atom is -0.436 e. The van der Waals surface area contributed by atoms with Crippen molar-refractivity contribution in [3.05, 3.63) is 41.3 Å². The first-order chi connectivity index (χ1) is 8.09. The summed E-state index contributed by atoms with van der Waals surface area (Å²) >= 11 is 0. The Morgan fingerprint density at radius 1 is 1.12 bits per heavy atom. The summed E-state index contributed by atoms with van der Waals surface area (Å²) < 4.78 is 5.78. The van der Waals surface area contributed by atoms with Crippen LogP contribution in [0, 0.1) is 20.8 Å². The van der Waals surface area contributed by atoms with Crippen molar-refractivity contribution in [2.24, 2.45) is 0 Å². The fraction of sp³-hybridized carbons (Fsp3) is 0.231. The summed E-state index contributed by atoms with van der Waals surface area (Å²) in [5, 5.41) is 0. The van der Waals surface area contributed by atoms with Gasteiger partial charge in [-0.15, -0.1) is 0 Å². The molecular weight excluding hydrogens is 214 g/mol. The molecule has 2 rings (SSSR count). The molecular formula is C13H15N3O. The van der Waals surface area contributed by atoms with Gasteiger partial charge in [0.05, 0.1) is 6.20 Å². The smallest absolute Gasteiger partial charge is 0.245 e. The fourth-order valence-corrected chi connectivity index (χ4v) is 1.59. The number of nitrogens with two attached hydrogens (primary N) is 1. The average molecular weight is 229 g/mol. The zero-order chi connectivity index (χ0) is 12.4. The average Bonchev–Trinajstić information content (AvgIpc) is 2.32. The Morgan fingerprint density at radius 3 is 2.53 bits per heavy atom. The number of rotatable bonds is 2. The normalized spacial score (nSPS) is 10.3. The molecule has 0 saturated heterocycles. The third kappa shape index (κ3) is 2.20. The molecule has 2 N–H and O–H groups in total. The van der Waals surface area contributed by atoms with Gasteiger partial charge in [-0.05, 0) is 37.5 Å². The van der Waals surface area contributed by atoms with Gasteiger partial charge < -0.3 is 10.5 Å². The van der Waals surface area contributed by atoms with Crippen molar-refractivity contribution < 1.29 is 4.74 Å². The van der Waals surface area contributed by atoms with Gasteiger partial charge in [0, 0.05) is 0 Å². The van der Waals surface area contributed by atoms with Gasteiger partial charge in [0.1, 0.15) is 17.8 Å². The summed E-state index contributed by atoms with van der Waals surface area (Å²) in [6.07, 6.45) is 2.95. The maximum absolute atomic E-state index is 5.78. The second-order valence-electron chi connectivity index (χ2n) is 4.04. The Kier molecular flexibility index (Phi) is 2.95. The lowest BCUT2D eigenvalue weighted by atomic mass is 10.1. The van der Waals surface area contributed by atoms with Crippen molar-refractivity contribution >= 4 is 5.69 Å². The fourth-order valence-electron chi connectivity index (χ4n) is 1.59. The van der Waals surface area contributed by atoms with Crippen LogP contribution in [0.15, 0.2) is 24.7 Å². The van der Waals surface area contributed by atoms with Crippen molar-refractivity contribution in [2.75, 3.05) is 5.73 Å². The van der Waals surface area contributed by atoms with Crippen LogP contribution in [0.5, 0.6) is 11.6 Å². The van der Waals surface area contributed by atoms with Crippen LogP contribution in [0.3, 0.4) is 0 Å². The molecule has 4 heteroatoms. The highest BCUT2D eigenvalue weighted by Crippen LogP contribution is 2.31. The lowest BCUT2D eigenvalue weighted by Crippen LogP contribution is -1.99. The number of hydrogen-bond donors (Lipinski definition) is 1. The topological polar surface area (TPSA) is 61.0 Å². The summed E-state index contributed by atoms with van der Waals surface area (Å²) in [5.74, 6) is 1.22. The Morgan fingerprint density at radius 2 is 1.82 bits per heavy atom. The summed E-state index contributed by atoms with van der Waals surface area (Å²) in [5.41, 5.74) is 9.53. The summed E-state index contributed by atoms with van der Waals surface area (Å²) in [6.45, 7) is 6.07. The number of ether oxygens (including phenoxy) is 1. The van der Waals surface area contributed by atoms with Gasteiger partial charge in [0.2, 0.25) is 5.88 Å². The standard InChI is InChI=1S/C13H15N3O/c1-8-4-5-9(2)12(10(8)3)17-13-11(14)6-15-7-16-13/h4-7H,14H2,1-3H3. The lowest BCUT2D eigenvalue weighted by Gasteiger charge is -2.13. The minimum atomic E-state index is 0.400. The van der Waals surface area contributed by atoms with Gasteiger partial charge in [-0.25, -0.2) is 4.98 Å². The molecule has 0 fully saturated rings. The number of aromatic nitrogens is 2. The van der Waals surface area contributed by atoms with Crippen LogP contribution in [0.4, 0.5) is 5.69 Å². The van der Waals surface area contributed by atoms with Gasteiger partial charge in [0.15, 0.2) is 0 Å². The maximum Gasteiger partial charge on any atom is 0.245 e. The first-order valence-electron chi connectivity index (χ1n) is 5.39. The molecule has 1 aromatic carbocycles. The lowest BCUT2D eigenvalue weighted by molar-refractivity contribution is 0.457. The summed E-state index contributed by atoms with van der Waals surface area (Å²) in [7, 11) is 0. The van der Waals surface area contributed by atoms with E-state index in [-0.39, 0.29) is 0 Å². The van der Waals surface area contributed by atoms with E-state index in [4.69, 9.17) is 10.5 Å². The highest BCUT2D eigenvalue weighted by molar-refractivity contribution is 5.51. The predicted molar refractivity (Wildman–Crippen MR) is 67.2 cm³/mol. The van der Waals surface area contributed by atoms with E-state index in [1.54, 1.807) is 0 Å². The first kappa shape index (κ1) is 11.4. The van der Waals surface area contributed by atoms with Crippen molar-refractivity contribution in [1.82, 2.24) is 9.97 Å². The van der Waals surface area contributed by atoms with E-state index in [2.05, 4.69) is 16.0 Å². The molecule has 0 amide bonds. The van der Waals surface area contributed by atoms with Crippen LogP contribution in [0.2, 0.25) is 0 Å². The molecule has 0 saturated carbocycles. The van der Waals surface area contributed by atoms with E-state index in [0.717, 1.165) is 16.9 Å². The molecule has 1 heterocycles. The zero-order valence-electron chi connectivity index (χ0n) is 10.2. The third-order valence-corrected chi connectivity index (χ3v) is 2.77. The van der Waals surface area contributed by atoms with E-state index in [1.165, 1.54) is 18.1 Å². The predicted octanol–water partition coefficient (Wildman–Crippen LogP) is 2.78. The van der Waals surface area contributed by atoms with E-state index < -0.39 is 0 Å². The number of aryl methyl sites for hydroxylation is 2. The Balaban J connectivity index is 2.43. The van der Waals surface area contributed by atoms with Crippen molar-refractivity contribution in [2.45, 2.75) is 20.8 Å². The molecule has 0 bridgehead atoms. The molecule has 0 unspecified atom stereocenters. The van der Waals surface area contributed by atoms with E-state index in [1.807, 2.05) is 26.8 Å². The minimum absolute atomic E-state index is 0.400. The van der Waals surface area contributed by atoms with Crippen molar-refractivity contribution in [3.8, 4) is 11.6 Å². The van der Waals surface area contributed by atoms with Gasteiger partial charge in [-0.2, -0.15) is 4.98 Å². The molecule has 2 aromatic rings. The molecule has 0 aliphatic heterocycles. The van der Waals surface area contributed by atoms with Gasteiger partial charge in [-0.1, -0.05) is 12.1 Å². The second kappa shape index (κ2) is 4.41. The van der Waals surface area contributed by atoms with Crippen molar-refractivity contribution in [3.63, 3.8) is 0 Å². The third-order valence-electron chi connectivity index (χ3n) is 2.77. The van der Waals surface area contributed by atoms with E-state index >= 15 is 0 Å². The number of anilines is 1. The number of nitrogen functional groups attached to an aromatic ring is 1. The molecule has 1 aromatic heterocycles. The number of benzene rings is 1. The van der Waals surface area contributed by atoms with Crippen LogP contribution >= 0.6 is 0 Å². The van der Waals surface area contributed by atoms with Crippen molar-refractivity contribution in [1.29, 1.82) is 0 Å². The van der Waals surface area contributed by atoms with E-state index in [9.17, 15) is 0 Å². The van der Waals surface area contributed by atoms with E-state index in [0.29, 0.717) is 11.6 Å². The number of hydrogen-bond acceptors (Lipinski definition) is 4. The van der Waals surface area contributed by atoms with Gasteiger partial charge in [0.25, 0.3) is 0 Å². The Hall–Kier alpha value is -2.10. The molecule has 17 heavy (non-hydrogen) atoms. The van der Waals surface area contributed by atoms with Crippen LogP contribution in [0.1, 0.15) is 16.7 Å². The van der Waals surface area contributed by atoms with Gasteiger partial charge in [-0.3, -0.25) is 0 Å². The second-order valence-corrected chi connectivity index (χ2v) is 4.04. The SMILES string of the molecule is Cc1ccc(C)c(Oc2ncncc2N)c1C. The number of nitrogens with zero attached hydrogens (tertiary/aromatic N) is 2. The molecule has 0 aliphatic carbocycles.